The van der Waals surface area contributed by atoms with Crippen molar-refractivity contribution >= 4 is 17.5 Å². The number of carbonyl (C=O) groups excluding carboxylic acids is 2. The zero-order chi connectivity index (χ0) is 11.2. The maximum absolute atomic E-state index is 11.3. The summed E-state index contributed by atoms with van der Waals surface area (Å²) in [4.78, 5) is 33.2. The van der Waals surface area contributed by atoms with Gasteiger partial charge in [0.15, 0.2) is 17.7 Å². The number of aliphatic hydroxyl groups excluding tert-OH is 1. The Balaban J connectivity index is 2.61. The molecule has 0 amide bonds. The number of carbonyl (C=O) groups is 3. The van der Waals surface area contributed by atoms with Crippen LogP contribution in [-0.2, 0) is 0 Å². The molecule has 0 fully saturated rings. The second-order valence-corrected chi connectivity index (χ2v) is 3.20. The van der Waals surface area contributed by atoms with Gasteiger partial charge in [0.25, 0.3) is 0 Å². The number of hydrogen-bond donors (Lipinski definition) is 2. The molecule has 0 aliphatic heterocycles. The molecule has 1 aromatic rings. The van der Waals surface area contributed by atoms with E-state index in [9.17, 15) is 19.5 Å². The van der Waals surface area contributed by atoms with Crippen LogP contribution < -0.4 is 0 Å². The summed E-state index contributed by atoms with van der Waals surface area (Å²) in [5, 5.41) is 17.8. The zero-order valence-electron chi connectivity index (χ0n) is 7.43. The average molecular weight is 206 g/mol. The molecule has 0 saturated heterocycles. The van der Waals surface area contributed by atoms with Gasteiger partial charge in [-0.2, -0.15) is 0 Å². The van der Waals surface area contributed by atoms with E-state index in [2.05, 4.69) is 0 Å². The molecular formula is C10H6O5. The Bertz CT molecular complexity index is 489. The van der Waals surface area contributed by atoms with Crippen LogP contribution in [0.25, 0.3) is 0 Å². The van der Waals surface area contributed by atoms with E-state index in [1.165, 1.54) is 12.1 Å². The molecular weight excluding hydrogens is 200 g/mol. The van der Waals surface area contributed by atoms with E-state index >= 15 is 0 Å². The van der Waals surface area contributed by atoms with Crippen molar-refractivity contribution in [3.8, 4) is 0 Å². The van der Waals surface area contributed by atoms with E-state index in [-0.39, 0.29) is 16.7 Å². The minimum atomic E-state index is -1.68. The lowest BCUT2D eigenvalue weighted by atomic mass is 10.1. The van der Waals surface area contributed by atoms with Gasteiger partial charge in [-0.25, -0.2) is 4.79 Å². The van der Waals surface area contributed by atoms with Crippen LogP contribution in [0.15, 0.2) is 18.2 Å². The Kier molecular flexibility index (Phi) is 1.90. The monoisotopic (exact) mass is 206 g/mol. The first-order chi connectivity index (χ1) is 7.02. The van der Waals surface area contributed by atoms with Crippen molar-refractivity contribution in [1.29, 1.82) is 0 Å². The van der Waals surface area contributed by atoms with Gasteiger partial charge in [0.2, 0.25) is 0 Å². The summed E-state index contributed by atoms with van der Waals surface area (Å²) in [5.74, 6) is -2.59. The molecule has 0 radical (unpaired) electrons. The van der Waals surface area contributed by atoms with Crippen LogP contribution >= 0.6 is 0 Å². The number of carboxylic acid groups (broad SMARTS) is 1. The molecule has 0 bridgehead atoms. The number of aliphatic hydroxyl groups is 1. The van der Waals surface area contributed by atoms with E-state index in [1.54, 1.807) is 0 Å². The summed E-state index contributed by atoms with van der Waals surface area (Å²) < 4.78 is 0. The molecule has 2 N–H and O–H groups in total. The molecule has 15 heavy (non-hydrogen) atoms. The van der Waals surface area contributed by atoms with Crippen molar-refractivity contribution < 1.29 is 24.6 Å². The smallest absolute Gasteiger partial charge is 0.335 e. The first-order valence-corrected chi connectivity index (χ1v) is 4.16. The van der Waals surface area contributed by atoms with E-state index in [1.807, 2.05) is 0 Å². The predicted octanol–water partition coefficient (Wildman–Crippen LogP) is 0.125. The van der Waals surface area contributed by atoms with E-state index < -0.39 is 23.6 Å². The third-order valence-corrected chi connectivity index (χ3v) is 2.29. The summed E-state index contributed by atoms with van der Waals surface area (Å²) >= 11 is 0. The maximum atomic E-state index is 11.3. The van der Waals surface area contributed by atoms with Gasteiger partial charge in [-0.15, -0.1) is 0 Å². The molecule has 1 aromatic carbocycles. The largest absolute Gasteiger partial charge is 0.478 e. The zero-order valence-corrected chi connectivity index (χ0v) is 7.43. The van der Waals surface area contributed by atoms with Gasteiger partial charge in [-0.3, -0.25) is 9.59 Å². The fraction of sp³-hybridized carbons (Fsp3) is 0.100. The van der Waals surface area contributed by atoms with Crippen molar-refractivity contribution in [1.82, 2.24) is 0 Å². The quantitative estimate of drug-likeness (QED) is 0.637. The first-order valence-electron chi connectivity index (χ1n) is 4.16. The van der Waals surface area contributed by atoms with Crippen molar-refractivity contribution in [3.63, 3.8) is 0 Å². The van der Waals surface area contributed by atoms with Gasteiger partial charge in [0.1, 0.15) is 0 Å². The second kappa shape index (κ2) is 2.99. The number of ketones is 2. The highest BCUT2D eigenvalue weighted by Crippen LogP contribution is 2.23. The summed E-state index contributed by atoms with van der Waals surface area (Å²) in [6.45, 7) is 0. The van der Waals surface area contributed by atoms with Crippen LogP contribution in [0.4, 0.5) is 0 Å². The van der Waals surface area contributed by atoms with Gasteiger partial charge < -0.3 is 10.2 Å². The Hall–Kier alpha value is -2.01. The number of benzene rings is 1. The summed E-state index contributed by atoms with van der Waals surface area (Å²) in [6.07, 6.45) is -1.68. The lowest BCUT2D eigenvalue weighted by Crippen LogP contribution is -2.20. The molecule has 5 nitrogen and oxygen atoms in total. The number of aromatic carboxylic acids is 1. The molecule has 0 aromatic heterocycles. The molecule has 1 aliphatic carbocycles. The fourth-order valence-electron chi connectivity index (χ4n) is 1.51. The van der Waals surface area contributed by atoms with Crippen molar-refractivity contribution in [2.75, 3.05) is 0 Å². The molecule has 5 heteroatoms. The van der Waals surface area contributed by atoms with Gasteiger partial charge in [0.05, 0.1) is 5.56 Å². The lowest BCUT2D eigenvalue weighted by Gasteiger charge is -1.97. The average Bonchev–Trinajstić information content (AvgIpc) is 2.44. The number of carboxylic acids is 1. The molecule has 2 rings (SSSR count). The molecule has 1 atom stereocenters. The highest BCUT2D eigenvalue weighted by molar-refractivity contribution is 6.28. The normalized spacial score (nSPS) is 19.1. The van der Waals surface area contributed by atoms with Crippen LogP contribution in [-0.4, -0.2) is 33.9 Å². The van der Waals surface area contributed by atoms with Gasteiger partial charge >= 0.3 is 5.97 Å². The van der Waals surface area contributed by atoms with Crippen LogP contribution in [0.1, 0.15) is 31.1 Å². The topological polar surface area (TPSA) is 91.7 Å². The second-order valence-electron chi connectivity index (χ2n) is 3.20. The SMILES string of the molecule is O=C(O)c1ccc2c(c1)C(=O)C(O)C2=O. The summed E-state index contributed by atoms with van der Waals surface area (Å²) in [6, 6.07) is 3.58. The van der Waals surface area contributed by atoms with Gasteiger partial charge in [-0.05, 0) is 18.2 Å². The van der Waals surface area contributed by atoms with E-state index in [4.69, 9.17) is 5.11 Å². The van der Waals surface area contributed by atoms with Crippen molar-refractivity contribution in [3.05, 3.63) is 34.9 Å². The van der Waals surface area contributed by atoms with Crippen LogP contribution in [0.2, 0.25) is 0 Å². The highest BCUT2D eigenvalue weighted by Gasteiger charge is 2.37. The summed E-state index contributed by atoms with van der Waals surface area (Å²) in [7, 11) is 0. The molecule has 1 unspecified atom stereocenters. The van der Waals surface area contributed by atoms with Crippen LogP contribution in [0.3, 0.4) is 0 Å². The number of Topliss-reactive ketones (excluding diaryl/α,β-unsaturated/α-hetero) is 2. The third-order valence-electron chi connectivity index (χ3n) is 2.29. The Morgan fingerprint density at radius 2 is 1.73 bits per heavy atom. The van der Waals surface area contributed by atoms with Crippen molar-refractivity contribution in [2.45, 2.75) is 6.10 Å². The van der Waals surface area contributed by atoms with E-state index in [0.717, 1.165) is 6.07 Å². The third kappa shape index (κ3) is 1.25. The minimum absolute atomic E-state index is 0.0209. The van der Waals surface area contributed by atoms with Crippen LogP contribution in [0.5, 0.6) is 0 Å². The molecule has 0 heterocycles. The molecule has 1 aliphatic rings. The van der Waals surface area contributed by atoms with E-state index in [0.29, 0.717) is 0 Å². The predicted molar refractivity (Wildman–Crippen MR) is 48.1 cm³/mol. The standard InChI is InChI=1S/C10H6O5/c11-7-5-2-1-4(10(14)15)3-6(5)8(12)9(7)13/h1-3,9,13H,(H,14,15). The molecule has 0 spiro atoms. The highest BCUT2D eigenvalue weighted by atomic mass is 16.4. The van der Waals surface area contributed by atoms with Crippen molar-refractivity contribution in [2.24, 2.45) is 0 Å². The lowest BCUT2D eigenvalue weighted by molar-refractivity contribution is 0.0661. The number of hydrogen-bond acceptors (Lipinski definition) is 4. The number of fused-ring (bicyclic) bond motifs is 1. The Labute approximate surface area is 84.0 Å². The maximum Gasteiger partial charge on any atom is 0.335 e. The number of rotatable bonds is 1. The van der Waals surface area contributed by atoms with Crippen LogP contribution in [0, 0.1) is 0 Å². The Morgan fingerprint density at radius 1 is 1.13 bits per heavy atom. The van der Waals surface area contributed by atoms with Gasteiger partial charge in [-0.1, -0.05) is 0 Å². The molecule has 0 saturated carbocycles. The molecule has 76 valence electrons. The minimum Gasteiger partial charge on any atom is -0.478 e. The summed E-state index contributed by atoms with van der Waals surface area (Å²) in [5.41, 5.74) is -0.0195. The fourth-order valence-corrected chi connectivity index (χ4v) is 1.51. The Morgan fingerprint density at radius 3 is 2.33 bits per heavy atom. The first kappa shape index (κ1) is 9.54. The van der Waals surface area contributed by atoms with Gasteiger partial charge in [0, 0.05) is 11.1 Å².